The molecule has 19 heavy (non-hydrogen) atoms. The predicted molar refractivity (Wildman–Crippen MR) is 72.4 cm³/mol. The highest BCUT2D eigenvalue weighted by molar-refractivity contribution is 6.30. The van der Waals surface area contributed by atoms with Gasteiger partial charge in [0.05, 0.1) is 11.8 Å². The molecule has 100 valence electrons. The van der Waals surface area contributed by atoms with E-state index >= 15 is 0 Å². The summed E-state index contributed by atoms with van der Waals surface area (Å²) in [5, 5.41) is 16.8. The SMILES string of the molecule is Cn1cc(CCNC(=O)c2ccc(Cl)cc2O)cn1. The first kappa shape index (κ1) is 13.4. The van der Waals surface area contributed by atoms with E-state index in [2.05, 4.69) is 10.4 Å². The highest BCUT2D eigenvalue weighted by atomic mass is 35.5. The number of phenols is 1. The third-order valence-corrected chi connectivity index (χ3v) is 2.90. The van der Waals surface area contributed by atoms with E-state index in [4.69, 9.17) is 11.6 Å². The van der Waals surface area contributed by atoms with E-state index in [9.17, 15) is 9.90 Å². The van der Waals surface area contributed by atoms with Gasteiger partial charge in [0.25, 0.3) is 5.91 Å². The molecule has 0 aliphatic heterocycles. The van der Waals surface area contributed by atoms with Crippen LogP contribution in [0.3, 0.4) is 0 Å². The van der Waals surface area contributed by atoms with Gasteiger partial charge in [0.2, 0.25) is 0 Å². The summed E-state index contributed by atoms with van der Waals surface area (Å²) in [7, 11) is 1.84. The number of nitrogens with one attached hydrogen (secondary N) is 1. The van der Waals surface area contributed by atoms with Gasteiger partial charge in [0, 0.05) is 24.8 Å². The lowest BCUT2D eigenvalue weighted by Gasteiger charge is -2.06. The van der Waals surface area contributed by atoms with E-state index in [1.54, 1.807) is 16.9 Å². The van der Waals surface area contributed by atoms with Crippen molar-refractivity contribution < 1.29 is 9.90 Å². The zero-order valence-corrected chi connectivity index (χ0v) is 11.2. The van der Waals surface area contributed by atoms with Crippen LogP contribution >= 0.6 is 11.6 Å². The summed E-state index contributed by atoms with van der Waals surface area (Å²) in [5.41, 5.74) is 1.26. The third-order valence-electron chi connectivity index (χ3n) is 2.66. The molecule has 2 aromatic rings. The number of benzene rings is 1. The topological polar surface area (TPSA) is 67.2 Å². The van der Waals surface area contributed by atoms with Crippen molar-refractivity contribution in [3.8, 4) is 5.75 Å². The van der Waals surface area contributed by atoms with Gasteiger partial charge in [0.15, 0.2) is 0 Å². The minimum atomic E-state index is -0.321. The first-order chi connectivity index (χ1) is 9.06. The molecule has 0 aliphatic carbocycles. The van der Waals surface area contributed by atoms with Crippen LogP contribution in [0.4, 0.5) is 0 Å². The molecule has 0 saturated carbocycles. The van der Waals surface area contributed by atoms with Crippen molar-refractivity contribution in [1.82, 2.24) is 15.1 Å². The number of hydrogen-bond donors (Lipinski definition) is 2. The second kappa shape index (κ2) is 5.75. The van der Waals surface area contributed by atoms with Crippen molar-refractivity contribution in [2.45, 2.75) is 6.42 Å². The van der Waals surface area contributed by atoms with Crippen molar-refractivity contribution in [3.05, 3.63) is 46.7 Å². The molecule has 0 aliphatic rings. The van der Waals surface area contributed by atoms with Crippen molar-refractivity contribution in [2.24, 2.45) is 7.05 Å². The first-order valence-electron chi connectivity index (χ1n) is 5.80. The molecule has 0 spiro atoms. The van der Waals surface area contributed by atoms with Gasteiger partial charge in [-0.05, 0) is 30.2 Å². The Morgan fingerprint density at radius 2 is 2.32 bits per heavy atom. The lowest BCUT2D eigenvalue weighted by atomic mass is 10.2. The number of rotatable bonds is 4. The van der Waals surface area contributed by atoms with Crippen molar-refractivity contribution in [2.75, 3.05) is 6.54 Å². The Hall–Kier alpha value is -2.01. The zero-order valence-electron chi connectivity index (χ0n) is 10.4. The average Bonchev–Trinajstić information content (AvgIpc) is 2.75. The van der Waals surface area contributed by atoms with Gasteiger partial charge in [-0.15, -0.1) is 0 Å². The van der Waals surface area contributed by atoms with Gasteiger partial charge < -0.3 is 10.4 Å². The molecule has 2 N–H and O–H groups in total. The fourth-order valence-corrected chi connectivity index (χ4v) is 1.88. The van der Waals surface area contributed by atoms with E-state index in [1.165, 1.54) is 12.1 Å². The molecular weight excluding hydrogens is 266 g/mol. The van der Waals surface area contributed by atoms with Gasteiger partial charge in [-0.25, -0.2) is 0 Å². The Kier molecular flexibility index (Phi) is 4.06. The molecule has 0 unspecified atom stereocenters. The molecule has 0 saturated heterocycles. The van der Waals surface area contributed by atoms with Crippen LogP contribution in [0.2, 0.25) is 5.02 Å². The maximum atomic E-state index is 11.8. The summed E-state index contributed by atoms with van der Waals surface area (Å²) in [5.74, 6) is -0.440. The Bertz CT molecular complexity index is 595. The third kappa shape index (κ3) is 3.48. The maximum Gasteiger partial charge on any atom is 0.255 e. The quantitative estimate of drug-likeness (QED) is 0.896. The van der Waals surface area contributed by atoms with Crippen LogP contribution in [0.5, 0.6) is 5.75 Å². The first-order valence-corrected chi connectivity index (χ1v) is 6.18. The Labute approximate surface area is 115 Å². The fraction of sp³-hybridized carbons (Fsp3) is 0.231. The minimum Gasteiger partial charge on any atom is -0.507 e. The number of aromatic nitrogens is 2. The van der Waals surface area contributed by atoms with Crippen molar-refractivity contribution in [3.63, 3.8) is 0 Å². The van der Waals surface area contributed by atoms with Crippen LogP contribution in [0.25, 0.3) is 0 Å². The van der Waals surface area contributed by atoms with E-state index in [-0.39, 0.29) is 17.2 Å². The summed E-state index contributed by atoms with van der Waals surface area (Å²) < 4.78 is 1.71. The number of carbonyl (C=O) groups excluding carboxylic acids is 1. The molecule has 0 atom stereocenters. The van der Waals surface area contributed by atoms with Crippen molar-refractivity contribution in [1.29, 1.82) is 0 Å². The molecule has 6 heteroatoms. The average molecular weight is 280 g/mol. The van der Waals surface area contributed by atoms with Gasteiger partial charge in [-0.2, -0.15) is 5.10 Å². The Morgan fingerprint density at radius 1 is 1.53 bits per heavy atom. The summed E-state index contributed by atoms with van der Waals surface area (Å²) in [6.07, 6.45) is 4.34. The Morgan fingerprint density at radius 3 is 2.95 bits per heavy atom. The number of phenolic OH excluding ortho intramolecular Hbond substituents is 1. The maximum absolute atomic E-state index is 11.8. The number of carbonyl (C=O) groups is 1. The highest BCUT2D eigenvalue weighted by Crippen LogP contribution is 2.21. The lowest BCUT2D eigenvalue weighted by Crippen LogP contribution is -2.25. The summed E-state index contributed by atoms with van der Waals surface area (Å²) in [6, 6.07) is 4.41. The standard InChI is InChI=1S/C13H14ClN3O2/c1-17-8-9(7-16-17)4-5-15-13(19)11-3-2-10(14)6-12(11)18/h2-3,6-8,18H,4-5H2,1H3,(H,15,19). The zero-order chi connectivity index (χ0) is 13.8. The number of aromatic hydroxyl groups is 1. The molecule has 5 nitrogen and oxygen atoms in total. The van der Waals surface area contributed by atoms with Crippen LogP contribution in [0, 0.1) is 0 Å². The second-order valence-corrected chi connectivity index (χ2v) is 4.63. The smallest absolute Gasteiger partial charge is 0.255 e. The minimum absolute atomic E-state index is 0.119. The van der Waals surface area contributed by atoms with Gasteiger partial charge in [0.1, 0.15) is 5.75 Å². The molecule has 1 heterocycles. The Balaban J connectivity index is 1.90. The summed E-state index contributed by atoms with van der Waals surface area (Å²) in [4.78, 5) is 11.8. The second-order valence-electron chi connectivity index (χ2n) is 4.19. The van der Waals surface area contributed by atoms with E-state index < -0.39 is 0 Å². The number of aryl methyl sites for hydroxylation is 1. The van der Waals surface area contributed by atoms with Crippen LogP contribution in [0.15, 0.2) is 30.6 Å². The molecule has 0 fully saturated rings. The van der Waals surface area contributed by atoms with E-state index in [0.717, 1.165) is 5.56 Å². The molecule has 1 aromatic carbocycles. The van der Waals surface area contributed by atoms with Crippen LogP contribution in [-0.2, 0) is 13.5 Å². The molecule has 1 aromatic heterocycles. The molecule has 0 radical (unpaired) electrons. The molecular formula is C13H14ClN3O2. The number of amides is 1. The molecule has 2 rings (SSSR count). The van der Waals surface area contributed by atoms with Crippen molar-refractivity contribution >= 4 is 17.5 Å². The van der Waals surface area contributed by atoms with Crippen LogP contribution in [0.1, 0.15) is 15.9 Å². The predicted octanol–water partition coefficient (Wildman–Crippen LogP) is 1.75. The number of hydrogen-bond acceptors (Lipinski definition) is 3. The van der Waals surface area contributed by atoms with Crippen LogP contribution < -0.4 is 5.32 Å². The van der Waals surface area contributed by atoms with E-state index in [0.29, 0.717) is 18.0 Å². The van der Waals surface area contributed by atoms with Gasteiger partial charge >= 0.3 is 0 Å². The lowest BCUT2D eigenvalue weighted by molar-refractivity contribution is 0.0951. The monoisotopic (exact) mass is 279 g/mol. The van der Waals surface area contributed by atoms with Gasteiger partial charge in [-0.3, -0.25) is 9.48 Å². The number of nitrogens with zero attached hydrogens (tertiary/aromatic N) is 2. The largest absolute Gasteiger partial charge is 0.507 e. The highest BCUT2D eigenvalue weighted by Gasteiger charge is 2.10. The molecule has 0 bridgehead atoms. The summed E-state index contributed by atoms with van der Waals surface area (Å²) in [6.45, 7) is 0.479. The van der Waals surface area contributed by atoms with E-state index in [1.807, 2.05) is 13.2 Å². The normalized spacial score (nSPS) is 10.4. The summed E-state index contributed by atoms with van der Waals surface area (Å²) >= 11 is 5.71. The molecule has 1 amide bonds. The fourth-order valence-electron chi connectivity index (χ4n) is 1.71. The van der Waals surface area contributed by atoms with Gasteiger partial charge in [-0.1, -0.05) is 11.6 Å². The van der Waals surface area contributed by atoms with Crippen LogP contribution in [-0.4, -0.2) is 27.3 Å². The number of halogens is 1.